The summed E-state index contributed by atoms with van der Waals surface area (Å²) in [5.41, 5.74) is 0.690. The van der Waals surface area contributed by atoms with Gasteiger partial charge in [-0.05, 0) is 30.7 Å². The van der Waals surface area contributed by atoms with Crippen molar-refractivity contribution in [2.75, 3.05) is 0 Å². The lowest BCUT2D eigenvalue weighted by molar-refractivity contribution is 0.456. The van der Waals surface area contributed by atoms with Gasteiger partial charge < -0.3 is 15.7 Å². The first-order valence-corrected chi connectivity index (χ1v) is 2.69. The Morgan fingerprint density at radius 2 is 1.80 bits per heavy atom. The second kappa shape index (κ2) is 3.08. The third kappa shape index (κ3) is 1.63. The van der Waals surface area contributed by atoms with Crippen LogP contribution in [-0.2, 0) is 0 Å². The van der Waals surface area contributed by atoms with E-state index in [1.807, 2.05) is 0 Å². The molecule has 10 heavy (non-hydrogen) atoms. The van der Waals surface area contributed by atoms with E-state index in [1.165, 1.54) is 18.2 Å². The lowest BCUT2D eigenvalue weighted by Gasteiger charge is -1.96. The van der Waals surface area contributed by atoms with Gasteiger partial charge >= 0.3 is 0 Å². The number of benzene rings is 1. The van der Waals surface area contributed by atoms with Crippen molar-refractivity contribution in [1.82, 2.24) is 0 Å². The molecule has 1 aromatic rings. The summed E-state index contributed by atoms with van der Waals surface area (Å²) in [7, 11) is 0. The first kappa shape index (κ1) is 8.78. The van der Waals surface area contributed by atoms with Crippen molar-refractivity contribution in [1.29, 1.82) is 0 Å². The largest absolute Gasteiger partial charge is 0.508 e. The van der Waals surface area contributed by atoms with Gasteiger partial charge in [0.15, 0.2) is 0 Å². The van der Waals surface area contributed by atoms with Crippen molar-refractivity contribution in [2.24, 2.45) is 0 Å². The van der Waals surface area contributed by atoms with Gasteiger partial charge in [-0.1, -0.05) is 0 Å². The molecule has 0 bridgehead atoms. The highest BCUT2D eigenvalue weighted by atomic mass is 16.3. The summed E-state index contributed by atoms with van der Waals surface area (Å²) in [6.07, 6.45) is 0. The predicted octanol–water partition coefficient (Wildman–Crippen LogP) is 0.582. The molecule has 0 amide bonds. The highest BCUT2D eigenvalue weighted by Gasteiger charge is 1.93. The molecule has 1 aromatic carbocycles. The van der Waals surface area contributed by atoms with E-state index in [0.29, 0.717) is 5.56 Å². The number of hydrogen-bond acceptors (Lipinski definition) is 2. The number of rotatable bonds is 0. The zero-order valence-electron chi connectivity index (χ0n) is 5.63. The minimum atomic E-state index is 0. The van der Waals surface area contributed by atoms with E-state index >= 15 is 0 Å². The summed E-state index contributed by atoms with van der Waals surface area (Å²) in [5, 5.41) is 17.8. The van der Waals surface area contributed by atoms with Gasteiger partial charge in [0, 0.05) is 0 Å². The van der Waals surface area contributed by atoms with Crippen LogP contribution in [0, 0.1) is 6.92 Å². The maximum Gasteiger partial charge on any atom is 0.118 e. The van der Waals surface area contributed by atoms with Crippen molar-refractivity contribution in [3.63, 3.8) is 0 Å². The Morgan fingerprint density at radius 1 is 1.20 bits per heavy atom. The second-order valence-corrected chi connectivity index (χ2v) is 1.97. The zero-order chi connectivity index (χ0) is 6.85. The minimum Gasteiger partial charge on any atom is -0.508 e. The lowest BCUT2D eigenvalue weighted by atomic mass is 10.2. The fourth-order valence-electron chi connectivity index (χ4n) is 0.640. The molecule has 0 heterocycles. The summed E-state index contributed by atoms with van der Waals surface area (Å²) < 4.78 is 0. The highest BCUT2D eigenvalue weighted by Crippen LogP contribution is 2.19. The molecule has 3 heteroatoms. The Hall–Kier alpha value is -1.22. The SMILES string of the molecule is Cc1cc(O)ccc1O.O. The monoisotopic (exact) mass is 142 g/mol. The maximum absolute atomic E-state index is 8.93. The number of hydrogen-bond donors (Lipinski definition) is 2. The van der Waals surface area contributed by atoms with Crippen molar-refractivity contribution < 1.29 is 15.7 Å². The second-order valence-electron chi connectivity index (χ2n) is 1.97. The third-order valence-electron chi connectivity index (χ3n) is 1.18. The van der Waals surface area contributed by atoms with Crippen LogP contribution >= 0.6 is 0 Å². The molecule has 0 aliphatic carbocycles. The maximum atomic E-state index is 8.93. The van der Waals surface area contributed by atoms with Crippen molar-refractivity contribution in [3.8, 4) is 11.5 Å². The fourth-order valence-corrected chi connectivity index (χ4v) is 0.640. The summed E-state index contributed by atoms with van der Waals surface area (Å²) in [6.45, 7) is 1.73. The van der Waals surface area contributed by atoms with Crippen LogP contribution in [0.5, 0.6) is 11.5 Å². The van der Waals surface area contributed by atoms with Crippen LogP contribution < -0.4 is 0 Å². The molecule has 3 nitrogen and oxygen atoms in total. The molecule has 56 valence electrons. The van der Waals surface area contributed by atoms with E-state index in [4.69, 9.17) is 10.2 Å². The van der Waals surface area contributed by atoms with E-state index < -0.39 is 0 Å². The number of aromatic hydroxyl groups is 2. The van der Waals surface area contributed by atoms with Gasteiger partial charge in [-0.2, -0.15) is 0 Å². The molecule has 0 fully saturated rings. The van der Waals surface area contributed by atoms with Crippen LogP contribution in [0.1, 0.15) is 5.56 Å². The molecular formula is C7H10O3. The highest BCUT2D eigenvalue weighted by molar-refractivity contribution is 5.37. The van der Waals surface area contributed by atoms with Gasteiger partial charge in [0.05, 0.1) is 0 Å². The number of aryl methyl sites for hydroxylation is 1. The first-order chi connectivity index (χ1) is 4.20. The standard InChI is InChI=1S/C7H8O2.H2O/c1-5-4-6(8)2-3-7(5)9;/h2-4,8-9H,1H3;1H2. The van der Waals surface area contributed by atoms with Crippen LogP contribution in [0.3, 0.4) is 0 Å². The van der Waals surface area contributed by atoms with E-state index in [-0.39, 0.29) is 17.0 Å². The molecule has 0 unspecified atom stereocenters. The molecule has 1 rings (SSSR count). The Balaban J connectivity index is 0.000000810. The molecule has 0 radical (unpaired) electrons. The molecule has 0 saturated carbocycles. The topological polar surface area (TPSA) is 72.0 Å². The van der Waals surface area contributed by atoms with Crippen LogP contribution in [0.25, 0.3) is 0 Å². The van der Waals surface area contributed by atoms with Crippen LogP contribution in [-0.4, -0.2) is 15.7 Å². The Morgan fingerprint density at radius 3 is 2.20 bits per heavy atom. The zero-order valence-corrected chi connectivity index (χ0v) is 5.63. The van der Waals surface area contributed by atoms with E-state index in [9.17, 15) is 0 Å². The van der Waals surface area contributed by atoms with Gasteiger partial charge in [0.25, 0.3) is 0 Å². The molecule has 0 spiro atoms. The molecule has 0 aromatic heterocycles. The third-order valence-corrected chi connectivity index (χ3v) is 1.18. The quantitative estimate of drug-likeness (QED) is 0.520. The summed E-state index contributed by atoms with van der Waals surface area (Å²) in [6, 6.07) is 4.42. The van der Waals surface area contributed by atoms with Crippen molar-refractivity contribution in [3.05, 3.63) is 23.8 Å². The van der Waals surface area contributed by atoms with Gasteiger partial charge in [0.1, 0.15) is 11.5 Å². The number of phenolic OH excluding ortho intramolecular Hbond substituents is 2. The summed E-state index contributed by atoms with van der Waals surface area (Å²) in [4.78, 5) is 0. The van der Waals surface area contributed by atoms with Crippen molar-refractivity contribution in [2.45, 2.75) is 6.92 Å². The molecule has 0 aliphatic heterocycles. The molecular weight excluding hydrogens is 132 g/mol. The van der Waals surface area contributed by atoms with Crippen LogP contribution in [0.2, 0.25) is 0 Å². The minimum absolute atomic E-state index is 0. The van der Waals surface area contributed by atoms with Gasteiger partial charge in [0.2, 0.25) is 0 Å². The lowest BCUT2D eigenvalue weighted by Crippen LogP contribution is -1.71. The Kier molecular flexibility index (Phi) is 2.70. The van der Waals surface area contributed by atoms with Gasteiger partial charge in [-0.15, -0.1) is 0 Å². The fraction of sp³-hybridized carbons (Fsp3) is 0.143. The first-order valence-electron chi connectivity index (χ1n) is 2.69. The summed E-state index contributed by atoms with van der Waals surface area (Å²) >= 11 is 0. The molecule has 0 atom stereocenters. The molecule has 0 aliphatic rings. The Bertz CT molecular complexity index is 220. The number of phenols is 2. The van der Waals surface area contributed by atoms with E-state index in [0.717, 1.165) is 0 Å². The van der Waals surface area contributed by atoms with Crippen molar-refractivity contribution >= 4 is 0 Å². The predicted molar refractivity (Wildman–Crippen MR) is 38.1 cm³/mol. The van der Waals surface area contributed by atoms with E-state index in [1.54, 1.807) is 6.92 Å². The van der Waals surface area contributed by atoms with Gasteiger partial charge in [-0.3, -0.25) is 0 Å². The molecule has 0 saturated heterocycles. The normalized spacial score (nSPS) is 8.50. The molecule has 4 N–H and O–H groups in total. The Labute approximate surface area is 58.9 Å². The average molecular weight is 142 g/mol. The average Bonchev–Trinajstić information content (AvgIpc) is 1.80. The van der Waals surface area contributed by atoms with E-state index in [2.05, 4.69) is 0 Å². The summed E-state index contributed by atoms with van der Waals surface area (Å²) in [5.74, 6) is 0.401. The van der Waals surface area contributed by atoms with Crippen LogP contribution in [0.15, 0.2) is 18.2 Å². The van der Waals surface area contributed by atoms with Crippen LogP contribution in [0.4, 0.5) is 0 Å². The van der Waals surface area contributed by atoms with Gasteiger partial charge in [-0.25, -0.2) is 0 Å². The smallest absolute Gasteiger partial charge is 0.118 e.